The molecule has 2 N–H and O–H groups in total. The van der Waals surface area contributed by atoms with E-state index in [1.807, 2.05) is 42.5 Å². The van der Waals surface area contributed by atoms with Gasteiger partial charge in [-0.25, -0.2) is 4.68 Å². The summed E-state index contributed by atoms with van der Waals surface area (Å²) < 4.78 is 41.0. The molecule has 0 aliphatic carbocycles. The molecule has 0 radical (unpaired) electrons. The van der Waals surface area contributed by atoms with Crippen LogP contribution in [0.15, 0.2) is 85.3 Å². The summed E-state index contributed by atoms with van der Waals surface area (Å²) >= 11 is 0. The lowest BCUT2D eigenvalue weighted by Crippen LogP contribution is -2.39. The lowest BCUT2D eigenvalue weighted by atomic mass is 9.86. The number of amides is 1. The molecule has 0 bridgehead atoms. The summed E-state index contributed by atoms with van der Waals surface area (Å²) in [6.45, 7) is 4.02. The normalized spacial score (nSPS) is 18.0. The largest absolute Gasteiger partial charge is 0.416 e. The molecule has 2 atom stereocenters. The van der Waals surface area contributed by atoms with Gasteiger partial charge in [-0.1, -0.05) is 55.1 Å². The SMILES string of the molecule is C=C1Nc2ncnn2[C@H](c2cccc3ccccc23)[C@H]1C(=O)Nc1cccc(C(F)(F)F)c1. The number of carbonyl (C=O) groups is 1. The molecule has 9 heteroatoms. The van der Waals surface area contributed by atoms with Crippen molar-refractivity contribution in [2.75, 3.05) is 10.6 Å². The zero-order chi connectivity index (χ0) is 23.2. The number of alkyl halides is 3. The van der Waals surface area contributed by atoms with E-state index in [1.54, 1.807) is 4.68 Å². The predicted molar refractivity (Wildman–Crippen MR) is 118 cm³/mol. The van der Waals surface area contributed by atoms with Crippen molar-refractivity contribution < 1.29 is 18.0 Å². The van der Waals surface area contributed by atoms with Crippen molar-refractivity contribution in [3.63, 3.8) is 0 Å². The fourth-order valence-corrected chi connectivity index (χ4v) is 4.21. The van der Waals surface area contributed by atoms with Gasteiger partial charge in [-0.2, -0.15) is 23.3 Å². The van der Waals surface area contributed by atoms with Gasteiger partial charge in [0.05, 0.1) is 11.6 Å². The number of hydrogen-bond donors (Lipinski definition) is 2. The first-order chi connectivity index (χ1) is 15.8. The van der Waals surface area contributed by atoms with Crippen LogP contribution < -0.4 is 10.6 Å². The quantitative estimate of drug-likeness (QED) is 0.449. The molecule has 6 nitrogen and oxygen atoms in total. The van der Waals surface area contributed by atoms with Crippen molar-refractivity contribution in [1.82, 2.24) is 14.8 Å². The molecule has 0 fully saturated rings. The molecule has 0 saturated heterocycles. The standard InChI is InChI=1S/C24H18F3N5O/c1-14-20(22(33)31-17-9-5-8-16(12-17)24(25,26)27)21(32-23(30-14)28-13-29-32)19-11-4-7-15-6-2-3-10-18(15)19/h2-13,20-21H,1H2,(H,31,33)(H,28,29,30)/t20-,21+/m0/s1. The number of halogens is 3. The number of anilines is 2. The molecule has 0 unspecified atom stereocenters. The first-order valence-corrected chi connectivity index (χ1v) is 10.1. The molecule has 1 amide bonds. The smallest absolute Gasteiger partial charge is 0.328 e. The van der Waals surface area contributed by atoms with Gasteiger partial charge in [0.15, 0.2) is 0 Å². The summed E-state index contributed by atoms with van der Waals surface area (Å²) in [7, 11) is 0. The minimum absolute atomic E-state index is 0.0451. The van der Waals surface area contributed by atoms with Gasteiger partial charge in [-0.05, 0) is 34.5 Å². The third-order valence-electron chi connectivity index (χ3n) is 5.68. The van der Waals surface area contributed by atoms with Crippen molar-refractivity contribution in [1.29, 1.82) is 0 Å². The molecule has 33 heavy (non-hydrogen) atoms. The van der Waals surface area contributed by atoms with Crippen LogP contribution in [0.3, 0.4) is 0 Å². The zero-order valence-electron chi connectivity index (χ0n) is 17.2. The highest BCUT2D eigenvalue weighted by molar-refractivity contribution is 5.97. The summed E-state index contributed by atoms with van der Waals surface area (Å²) in [6.07, 6.45) is -3.14. The van der Waals surface area contributed by atoms with E-state index in [0.29, 0.717) is 11.6 Å². The van der Waals surface area contributed by atoms with Gasteiger partial charge in [0.1, 0.15) is 12.2 Å². The molecular weight excluding hydrogens is 431 g/mol. The molecular formula is C24H18F3N5O. The Bertz CT molecular complexity index is 1370. The number of nitrogens with one attached hydrogen (secondary N) is 2. The molecule has 3 aromatic carbocycles. The minimum Gasteiger partial charge on any atom is -0.328 e. The van der Waals surface area contributed by atoms with Crippen LogP contribution in [-0.4, -0.2) is 20.7 Å². The molecule has 0 saturated carbocycles. The van der Waals surface area contributed by atoms with Crippen LogP contribution in [-0.2, 0) is 11.0 Å². The van der Waals surface area contributed by atoms with Crippen molar-refractivity contribution >= 4 is 28.3 Å². The monoisotopic (exact) mass is 449 g/mol. The summed E-state index contributed by atoms with van der Waals surface area (Å²) in [5.41, 5.74) is 0.401. The number of fused-ring (bicyclic) bond motifs is 2. The van der Waals surface area contributed by atoms with Gasteiger partial charge in [0, 0.05) is 11.4 Å². The van der Waals surface area contributed by atoms with Gasteiger partial charge in [0.2, 0.25) is 11.9 Å². The average molecular weight is 449 g/mol. The summed E-state index contributed by atoms with van der Waals surface area (Å²) in [5.74, 6) is -0.938. The Morgan fingerprint density at radius 2 is 1.82 bits per heavy atom. The molecule has 1 aliphatic rings. The van der Waals surface area contributed by atoms with Crippen LogP contribution in [0.1, 0.15) is 17.2 Å². The van der Waals surface area contributed by atoms with E-state index < -0.39 is 29.6 Å². The van der Waals surface area contributed by atoms with Crippen molar-refractivity contribution in [3.05, 3.63) is 96.5 Å². The first-order valence-electron chi connectivity index (χ1n) is 10.1. The Balaban J connectivity index is 1.58. The molecule has 2 heterocycles. The van der Waals surface area contributed by atoms with Gasteiger partial charge in [-0.3, -0.25) is 4.79 Å². The van der Waals surface area contributed by atoms with Crippen LogP contribution >= 0.6 is 0 Å². The molecule has 0 spiro atoms. The number of carbonyl (C=O) groups excluding carboxylic acids is 1. The highest BCUT2D eigenvalue weighted by Gasteiger charge is 2.40. The summed E-state index contributed by atoms with van der Waals surface area (Å²) in [6, 6.07) is 17.4. The van der Waals surface area contributed by atoms with Crippen LogP contribution in [0.4, 0.5) is 24.8 Å². The molecule has 1 aromatic heterocycles. The second-order valence-corrected chi connectivity index (χ2v) is 7.74. The van der Waals surface area contributed by atoms with E-state index in [2.05, 4.69) is 27.3 Å². The van der Waals surface area contributed by atoms with Crippen LogP contribution in [0.25, 0.3) is 10.8 Å². The number of benzene rings is 3. The van der Waals surface area contributed by atoms with E-state index in [9.17, 15) is 18.0 Å². The average Bonchev–Trinajstić information content (AvgIpc) is 3.25. The number of aromatic nitrogens is 3. The Kier molecular flexibility index (Phi) is 4.88. The van der Waals surface area contributed by atoms with Crippen LogP contribution in [0.2, 0.25) is 0 Å². The van der Waals surface area contributed by atoms with E-state index in [1.165, 1.54) is 18.5 Å². The molecule has 4 aromatic rings. The Hall–Kier alpha value is -4.14. The zero-order valence-corrected chi connectivity index (χ0v) is 17.2. The maximum Gasteiger partial charge on any atom is 0.416 e. The Morgan fingerprint density at radius 3 is 2.64 bits per heavy atom. The molecule has 166 valence electrons. The van der Waals surface area contributed by atoms with Crippen LogP contribution in [0, 0.1) is 5.92 Å². The Morgan fingerprint density at radius 1 is 1.06 bits per heavy atom. The second kappa shape index (κ2) is 7.77. The third kappa shape index (κ3) is 3.71. The second-order valence-electron chi connectivity index (χ2n) is 7.74. The molecule has 1 aliphatic heterocycles. The summed E-state index contributed by atoms with van der Waals surface area (Å²) in [5, 5.41) is 11.8. The number of rotatable bonds is 3. The minimum atomic E-state index is -4.52. The maximum absolute atomic E-state index is 13.4. The first kappa shape index (κ1) is 20.7. The highest BCUT2D eigenvalue weighted by Crippen LogP contribution is 2.40. The fourth-order valence-electron chi connectivity index (χ4n) is 4.21. The summed E-state index contributed by atoms with van der Waals surface area (Å²) in [4.78, 5) is 17.6. The van der Waals surface area contributed by atoms with Crippen molar-refractivity contribution in [2.24, 2.45) is 5.92 Å². The molecule has 5 rings (SSSR count). The number of hydrogen-bond acceptors (Lipinski definition) is 4. The van der Waals surface area contributed by atoms with Gasteiger partial charge < -0.3 is 10.6 Å². The highest BCUT2D eigenvalue weighted by atomic mass is 19.4. The predicted octanol–water partition coefficient (Wildman–Crippen LogP) is 5.23. The maximum atomic E-state index is 13.4. The van der Waals surface area contributed by atoms with Crippen LogP contribution in [0.5, 0.6) is 0 Å². The third-order valence-corrected chi connectivity index (χ3v) is 5.68. The van der Waals surface area contributed by atoms with E-state index in [4.69, 9.17) is 0 Å². The van der Waals surface area contributed by atoms with E-state index in [0.717, 1.165) is 28.5 Å². The van der Waals surface area contributed by atoms with Gasteiger partial charge >= 0.3 is 6.18 Å². The van der Waals surface area contributed by atoms with Gasteiger partial charge in [-0.15, -0.1) is 0 Å². The van der Waals surface area contributed by atoms with E-state index >= 15 is 0 Å². The topological polar surface area (TPSA) is 71.8 Å². The Labute approximate surface area is 186 Å². The fraction of sp³-hybridized carbons (Fsp3) is 0.125. The lowest BCUT2D eigenvalue weighted by molar-refractivity contribution is -0.137. The van der Waals surface area contributed by atoms with E-state index in [-0.39, 0.29) is 5.69 Å². The van der Waals surface area contributed by atoms with Crippen molar-refractivity contribution in [3.8, 4) is 0 Å². The van der Waals surface area contributed by atoms with Gasteiger partial charge in [0.25, 0.3) is 0 Å². The van der Waals surface area contributed by atoms with Crippen molar-refractivity contribution in [2.45, 2.75) is 12.2 Å². The number of nitrogens with zero attached hydrogens (tertiary/aromatic N) is 3. The lowest BCUT2D eigenvalue weighted by Gasteiger charge is -2.34.